The molecular weight excluding hydrogens is 362 g/mol. The quantitative estimate of drug-likeness (QED) is 0.722. The van der Waals surface area contributed by atoms with E-state index >= 15 is 0 Å². The topological polar surface area (TPSA) is 46.6 Å². The van der Waals surface area contributed by atoms with Gasteiger partial charge in [0.15, 0.2) is 0 Å². The molecule has 0 bridgehead atoms. The molecule has 0 N–H and O–H groups in total. The zero-order valence-electron chi connectivity index (χ0n) is 15.4. The largest absolute Gasteiger partial charge is 0.469 e. The maximum absolute atomic E-state index is 13.0. The van der Waals surface area contributed by atoms with Crippen LogP contribution < -0.4 is 0 Å². The molecule has 142 valence electrons. The Labute approximate surface area is 165 Å². The van der Waals surface area contributed by atoms with Crippen LogP contribution in [-0.4, -0.2) is 37.0 Å². The number of hydrogen-bond acceptors (Lipinski definition) is 3. The monoisotopic (exact) mass is 385 g/mol. The molecule has 0 unspecified atom stereocenters. The van der Waals surface area contributed by atoms with E-state index in [0.717, 1.165) is 11.1 Å². The minimum atomic E-state index is -0.178. The number of halogens is 1. The number of amides is 1. The summed E-state index contributed by atoms with van der Waals surface area (Å²) in [5, 5.41) is 0.666. The van der Waals surface area contributed by atoms with Crippen LogP contribution in [-0.2, 0) is 14.3 Å². The molecule has 2 aromatic rings. The molecule has 1 aliphatic heterocycles. The predicted octanol–water partition coefficient (Wildman–Crippen LogP) is 4.27. The molecule has 3 rings (SSSR count). The Morgan fingerprint density at radius 3 is 2.37 bits per heavy atom. The Bertz CT molecular complexity index is 785. The average molecular weight is 386 g/mol. The number of ether oxygens (including phenoxy) is 1. The fraction of sp³-hybridized carbons (Fsp3) is 0.364. The minimum Gasteiger partial charge on any atom is -0.469 e. The lowest BCUT2D eigenvalue weighted by atomic mass is 9.87. The molecule has 0 aliphatic carbocycles. The van der Waals surface area contributed by atoms with Crippen LogP contribution in [0.15, 0.2) is 54.6 Å². The van der Waals surface area contributed by atoms with Crippen molar-refractivity contribution < 1.29 is 14.3 Å². The summed E-state index contributed by atoms with van der Waals surface area (Å²) in [5.74, 6) is -0.219. The molecule has 4 nitrogen and oxygen atoms in total. The van der Waals surface area contributed by atoms with E-state index in [-0.39, 0.29) is 23.7 Å². The van der Waals surface area contributed by atoms with Crippen molar-refractivity contribution in [2.45, 2.75) is 25.2 Å². The van der Waals surface area contributed by atoms with E-state index < -0.39 is 0 Å². The van der Waals surface area contributed by atoms with Gasteiger partial charge in [-0.25, -0.2) is 0 Å². The van der Waals surface area contributed by atoms with Crippen molar-refractivity contribution in [1.82, 2.24) is 4.90 Å². The van der Waals surface area contributed by atoms with Crippen molar-refractivity contribution in [3.63, 3.8) is 0 Å². The van der Waals surface area contributed by atoms with E-state index in [1.54, 1.807) is 0 Å². The second-order valence-electron chi connectivity index (χ2n) is 6.90. The lowest BCUT2D eigenvalue weighted by molar-refractivity contribution is -0.148. The number of esters is 1. The Hall–Kier alpha value is -2.33. The highest BCUT2D eigenvalue weighted by Gasteiger charge is 2.29. The number of nitrogens with zero attached hydrogens (tertiary/aromatic N) is 1. The second-order valence-corrected chi connectivity index (χ2v) is 7.34. The van der Waals surface area contributed by atoms with Crippen molar-refractivity contribution >= 4 is 23.5 Å². The van der Waals surface area contributed by atoms with Crippen LogP contribution in [0.1, 0.15) is 36.3 Å². The first kappa shape index (κ1) is 19.4. The Balaban J connectivity index is 1.73. The summed E-state index contributed by atoms with van der Waals surface area (Å²) < 4.78 is 4.82. The summed E-state index contributed by atoms with van der Waals surface area (Å²) in [6.07, 6.45) is 1.70. The Morgan fingerprint density at radius 2 is 1.74 bits per heavy atom. The van der Waals surface area contributed by atoms with E-state index in [1.165, 1.54) is 7.11 Å². The van der Waals surface area contributed by atoms with Gasteiger partial charge in [-0.2, -0.15) is 0 Å². The van der Waals surface area contributed by atoms with Gasteiger partial charge in [-0.15, -0.1) is 0 Å². The second kappa shape index (κ2) is 9.05. The number of methoxy groups -OCH3 is 1. The predicted molar refractivity (Wildman–Crippen MR) is 106 cm³/mol. The van der Waals surface area contributed by atoms with Gasteiger partial charge in [0.05, 0.1) is 13.0 Å². The molecule has 1 heterocycles. The standard InChI is InChI=1S/C22H24ClNO3/c1-27-22(26)17-10-12-24(13-11-17)21(25)15-20(16-6-3-2-4-7-16)18-8-5-9-19(23)14-18/h2-9,14,17,20H,10-13,15H2,1H3/t20-/m0/s1. The highest BCUT2D eigenvalue weighted by molar-refractivity contribution is 6.30. The first-order valence-corrected chi connectivity index (χ1v) is 9.62. The first-order valence-electron chi connectivity index (χ1n) is 9.24. The van der Waals surface area contributed by atoms with Gasteiger partial charge in [0.1, 0.15) is 0 Å². The van der Waals surface area contributed by atoms with Gasteiger partial charge in [-0.05, 0) is 36.1 Å². The Morgan fingerprint density at radius 1 is 1.07 bits per heavy atom. The summed E-state index contributed by atoms with van der Waals surface area (Å²) in [4.78, 5) is 26.5. The van der Waals surface area contributed by atoms with Crippen molar-refractivity contribution in [2.75, 3.05) is 20.2 Å². The van der Waals surface area contributed by atoms with Gasteiger partial charge >= 0.3 is 5.97 Å². The van der Waals surface area contributed by atoms with Gasteiger partial charge in [-0.3, -0.25) is 9.59 Å². The van der Waals surface area contributed by atoms with Crippen LogP contribution in [0.5, 0.6) is 0 Å². The van der Waals surface area contributed by atoms with Crippen LogP contribution in [0.2, 0.25) is 5.02 Å². The van der Waals surface area contributed by atoms with Gasteiger partial charge < -0.3 is 9.64 Å². The third-order valence-electron chi connectivity index (χ3n) is 5.21. The molecule has 1 saturated heterocycles. The van der Waals surface area contributed by atoms with Crippen molar-refractivity contribution in [2.24, 2.45) is 5.92 Å². The fourth-order valence-electron chi connectivity index (χ4n) is 3.67. The molecule has 27 heavy (non-hydrogen) atoms. The van der Waals surface area contributed by atoms with Gasteiger partial charge in [0.25, 0.3) is 0 Å². The van der Waals surface area contributed by atoms with Crippen molar-refractivity contribution in [3.05, 3.63) is 70.7 Å². The number of likely N-dealkylation sites (tertiary alicyclic amines) is 1. The molecule has 2 aromatic carbocycles. The molecule has 0 spiro atoms. The normalized spacial score (nSPS) is 16.0. The number of hydrogen-bond donors (Lipinski definition) is 0. The number of piperidine rings is 1. The number of carbonyl (C=O) groups excluding carboxylic acids is 2. The Kier molecular flexibility index (Phi) is 6.51. The number of benzene rings is 2. The minimum absolute atomic E-state index is 0.0456. The van der Waals surface area contributed by atoms with Gasteiger partial charge in [-0.1, -0.05) is 54.1 Å². The molecule has 1 amide bonds. The zero-order valence-corrected chi connectivity index (χ0v) is 16.2. The third kappa shape index (κ3) is 4.89. The van der Waals surface area contributed by atoms with Crippen LogP contribution in [0.3, 0.4) is 0 Å². The summed E-state index contributed by atoms with van der Waals surface area (Å²) >= 11 is 6.18. The van der Waals surface area contributed by atoms with Gasteiger partial charge in [0, 0.05) is 30.5 Å². The van der Waals surface area contributed by atoms with Crippen LogP contribution in [0.4, 0.5) is 0 Å². The van der Waals surface area contributed by atoms with Gasteiger partial charge in [0.2, 0.25) is 5.91 Å². The van der Waals surface area contributed by atoms with E-state index in [4.69, 9.17) is 16.3 Å². The van der Waals surface area contributed by atoms with Crippen LogP contribution in [0, 0.1) is 5.92 Å². The summed E-state index contributed by atoms with van der Waals surface area (Å²) in [5.41, 5.74) is 2.13. The fourth-order valence-corrected chi connectivity index (χ4v) is 3.87. The van der Waals surface area contributed by atoms with E-state index in [1.807, 2.05) is 59.5 Å². The summed E-state index contributed by atoms with van der Waals surface area (Å²) in [6, 6.07) is 17.7. The molecule has 1 fully saturated rings. The maximum atomic E-state index is 13.0. The summed E-state index contributed by atoms with van der Waals surface area (Å²) in [6.45, 7) is 1.19. The van der Waals surface area contributed by atoms with Crippen LogP contribution >= 0.6 is 11.6 Å². The lowest BCUT2D eigenvalue weighted by Crippen LogP contribution is -2.41. The number of carbonyl (C=O) groups is 2. The molecule has 0 saturated carbocycles. The molecule has 1 atom stereocenters. The third-order valence-corrected chi connectivity index (χ3v) is 5.45. The molecule has 5 heteroatoms. The van der Waals surface area contributed by atoms with E-state index in [9.17, 15) is 9.59 Å². The lowest BCUT2D eigenvalue weighted by Gasteiger charge is -2.32. The highest BCUT2D eigenvalue weighted by Crippen LogP contribution is 2.31. The number of rotatable bonds is 5. The molecule has 0 radical (unpaired) electrons. The zero-order chi connectivity index (χ0) is 19.2. The summed E-state index contributed by atoms with van der Waals surface area (Å²) in [7, 11) is 1.41. The SMILES string of the molecule is COC(=O)C1CCN(C(=O)C[C@@H](c2ccccc2)c2cccc(Cl)c2)CC1. The average Bonchev–Trinajstić information content (AvgIpc) is 2.72. The first-order chi connectivity index (χ1) is 13.1. The smallest absolute Gasteiger partial charge is 0.308 e. The van der Waals surface area contributed by atoms with Crippen LogP contribution in [0.25, 0.3) is 0 Å². The molecule has 0 aromatic heterocycles. The van der Waals surface area contributed by atoms with Crippen molar-refractivity contribution in [3.8, 4) is 0 Å². The van der Waals surface area contributed by atoms with Crippen molar-refractivity contribution in [1.29, 1.82) is 0 Å². The highest BCUT2D eigenvalue weighted by atomic mass is 35.5. The molecule has 1 aliphatic rings. The van der Waals surface area contributed by atoms with E-state index in [0.29, 0.717) is 37.4 Å². The maximum Gasteiger partial charge on any atom is 0.308 e. The molecular formula is C22H24ClNO3. The van der Waals surface area contributed by atoms with E-state index in [2.05, 4.69) is 0 Å².